The van der Waals surface area contributed by atoms with E-state index in [1.807, 2.05) is 0 Å². The molecule has 2 aliphatic rings. The molecule has 0 saturated carbocycles. The number of halogens is 2. The minimum Gasteiger partial charge on any atom is -0.508 e. The van der Waals surface area contributed by atoms with Crippen LogP contribution in [0.25, 0.3) is 0 Å². The van der Waals surface area contributed by atoms with Crippen molar-refractivity contribution >= 4 is 0 Å². The fraction of sp³-hybridized carbons (Fsp3) is 0.333. The first-order valence-corrected chi connectivity index (χ1v) is 11.2. The molecule has 0 amide bonds. The van der Waals surface area contributed by atoms with Gasteiger partial charge in [-0.2, -0.15) is 12.2 Å². The summed E-state index contributed by atoms with van der Waals surface area (Å²) in [7, 11) is 0. The third kappa shape index (κ3) is 14.7. The van der Waals surface area contributed by atoms with Gasteiger partial charge in [0, 0.05) is 0 Å². The van der Waals surface area contributed by atoms with Crippen molar-refractivity contribution in [2.24, 2.45) is 10.8 Å². The molecule has 0 atom stereocenters. The van der Waals surface area contributed by atoms with Gasteiger partial charge in [0.05, 0.1) is 0 Å². The Morgan fingerprint density at radius 2 is 0.886 bits per heavy atom. The van der Waals surface area contributed by atoms with Crippen molar-refractivity contribution in [3.05, 3.63) is 108 Å². The van der Waals surface area contributed by atoms with E-state index in [0.717, 1.165) is 12.8 Å². The summed E-state index contributed by atoms with van der Waals surface area (Å²) in [6.07, 6.45) is 17.3. The number of hydrogen-bond acceptors (Lipinski definition) is 2. The Bertz CT molecular complexity index is 863. The van der Waals surface area contributed by atoms with Gasteiger partial charge in [-0.3, -0.25) is 12.2 Å². The number of benzene rings is 2. The van der Waals surface area contributed by atoms with E-state index < -0.39 is 0 Å². The molecule has 0 radical (unpaired) electrons. The van der Waals surface area contributed by atoms with Crippen molar-refractivity contribution in [3.63, 3.8) is 0 Å². The van der Waals surface area contributed by atoms with Gasteiger partial charge >= 0.3 is 26.2 Å². The van der Waals surface area contributed by atoms with Gasteiger partial charge < -0.3 is 10.2 Å². The summed E-state index contributed by atoms with van der Waals surface area (Å²) in [5, 5.41) is 17.2. The molecule has 0 unspecified atom stereocenters. The first-order valence-electron chi connectivity index (χ1n) is 11.2. The number of phenolic OH excluding ortho intramolecular Hbond substituents is 2. The van der Waals surface area contributed by atoms with Crippen LogP contribution in [0, 0.1) is 34.6 Å². The molecule has 0 fully saturated rings. The van der Waals surface area contributed by atoms with Gasteiger partial charge in [0.1, 0.15) is 23.1 Å². The van der Waals surface area contributed by atoms with Crippen LogP contribution in [0.1, 0.15) is 54.4 Å². The van der Waals surface area contributed by atoms with Crippen LogP contribution in [0.5, 0.6) is 11.5 Å². The van der Waals surface area contributed by atoms with Gasteiger partial charge in [-0.15, -0.1) is 12.8 Å². The van der Waals surface area contributed by atoms with Crippen molar-refractivity contribution in [1.29, 1.82) is 0 Å². The van der Waals surface area contributed by atoms with Gasteiger partial charge in [-0.05, 0) is 59.4 Å². The standard InChI is InChI=1S/2C9H13.2C6H5FO.Zr/c2*1-9(2,3)8-6-4-5-7-8;2*7-5-1-3-6(8)4-2-5;/h2*4,6H,5H2,1-3H3;2*1-4,8H;/q2*-1;;;+2. The van der Waals surface area contributed by atoms with Gasteiger partial charge in [-0.25, -0.2) is 32.1 Å². The average molecular weight is 558 g/mol. The fourth-order valence-corrected chi connectivity index (χ4v) is 2.72. The molecule has 0 aliphatic heterocycles. The Kier molecular flexibility index (Phi) is 14.7. The molecule has 0 spiro atoms. The zero-order valence-corrected chi connectivity index (χ0v) is 24.0. The maximum Gasteiger partial charge on any atom is 2.00 e. The summed E-state index contributed by atoms with van der Waals surface area (Å²) < 4.78 is 24.0. The largest absolute Gasteiger partial charge is 2.00 e. The fourth-order valence-electron chi connectivity index (χ4n) is 2.72. The molecule has 2 aliphatic carbocycles. The van der Waals surface area contributed by atoms with E-state index in [-0.39, 0.29) is 49.3 Å². The van der Waals surface area contributed by atoms with Crippen LogP contribution in [0.15, 0.2) is 84.0 Å². The number of rotatable bonds is 0. The summed E-state index contributed by atoms with van der Waals surface area (Å²) in [5.74, 6) is -0.483. The molecular formula is C30H36F2O2Zr. The predicted molar refractivity (Wildman–Crippen MR) is 136 cm³/mol. The van der Waals surface area contributed by atoms with Crippen LogP contribution in [0.4, 0.5) is 8.78 Å². The van der Waals surface area contributed by atoms with Gasteiger partial charge in [0.15, 0.2) is 0 Å². The molecule has 0 heterocycles. The normalized spacial score (nSPS) is 13.6. The van der Waals surface area contributed by atoms with Crippen molar-refractivity contribution in [2.75, 3.05) is 0 Å². The molecule has 2 aromatic rings. The van der Waals surface area contributed by atoms with Crippen LogP contribution >= 0.6 is 0 Å². The monoisotopic (exact) mass is 556 g/mol. The maximum absolute atomic E-state index is 12.0. The van der Waals surface area contributed by atoms with Gasteiger partial charge in [0.25, 0.3) is 0 Å². The van der Waals surface area contributed by atoms with Crippen molar-refractivity contribution in [1.82, 2.24) is 0 Å². The molecule has 2 nitrogen and oxygen atoms in total. The molecule has 2 aromatic carbocycles. The minimum absolute atomic E-state index is 0. The van der Waals surface area contributed by atoms with Crippen LogP contribution < -0.4 is 0 Å². The molecule has 0 aromatic heterocycles. The molecule has 0 saturated heterocycles. The van der Waals surface area contributed by atoms with E-state index >= 15 is 0 Å². The summed E-state index contributed by atoms with van der Waals surface area (Å²) in [6.45, 7) is 13.3. The number of hydrogen-bond donors (Lipinski definition) is 2. The Labute approximate surface area is 228 Å². The van der Waals surface area contributed by atoms with E-state index in [1.54, 1.807) is 0 Å². The third-order valence-corrected chi connectivity index (χ3v) is 4.66. The Morgan fingerprint density at radius 3 is 1.03 bits per heavy atom. The summed E-state index contributed by atoms with van der Waals surface area (Å²) in [5.41, 5.74) is 3.30. The van der Waals surface area contributed by atoms with E-state index in [9.17, 15) is 8.78 Å². The van der Waals surface area contributed by atoms with Crippen LogP contribution in [-0.2, 0) is 26.2 Å². The smallest absolute Gasteiger partial charge is 0.508 e. The Morgan fingerprint density at radius 1 is 0.600 bits per heavy atom. The quantitative estimate of drug-likeness (QED) is 0.319. The second-order valence-corrected chi connectivity index (χ2v) is 9.85. The number of phenols is 2. The zero-order valence-electron chi connectivity index (χ0n) is 21.5. The van der Waals surface area contributed by atoms with E-state index in [1.165, 1.54) is 59.7 Å². The Hall–Kier alpha value is -2.26. The van der Waals surface area contributed by atoms with Crippen LogP contribution in [-0.4, -0.2) is 10.2 Å². The third-order valence-electron chi connectivity index (χ3n) is 4.66. The van der Waals surface area contributed by atoms with E-state index in [4.69, 9.17) is 10.2 Å². The summed E-state index contributed by atoms with van der Waals surface area (Å²) >= 11 is 0. The topological polar surface area (TPSA) is 40.5 Å². The summed E-state index contributed by atoms with van der Waals surface area (Å²) in [6, 6.07) is 10.0. The zero-order chi connectivity index (χ0) is 25.8. The second kappa shape index (κ2) is 15.7. The molecule has 4 rings (SSSR count). The maximum atomic E-state index is 12.0. The molecule has 2 N–H and O–H groups in total. The minimum atomic E-state index is -0.331. The Balaban J connectivity index is 0.000000437. The van der Waals surface area contributed by atoms with Gasteiger partial charge in [0.2, 0.25) is 0 Å². The van der Waals surface area contributed by atoms with Crippen molar-refractivity contribution < 1.29 is 45.2 Å². The molecular weight excluding hydrogens is 522 g/mol. The van der Waals surface area contributed by atoms with E-state index in [0.29, 0.717) is 10.8 Å². The summed E-state index contributed by atoms with van der Waals surface area (Å²) in [4.78, 5) is 0. The van der Waals surface area contributed by atoms with Crippen molar-refractivity contribution in [2.45, 2.75) is 54.4 Å². The van der Waals surface area contributed by atoms with E-state index in [2.05, 4.69) is 78.0 Å². The predicted octanol–water partition coefficient (Wildman–Crippen LogP) is 8.50. The molecule has 186 valence electrons. The number of allylic oxidation sites excluding steroid dienone is 8. The average Bonchev–Trinajstić information content (AvgIpc) is 3.47. The van der Waals surface area contributed by atoms with Crippen LogP contribution in [0.3, 0.4) is 0 Å². The SMILES string of the molecule is CC(C)(C)C1=[C-]CC=C1.CC(C)(C)C1=[C-]CC=C1.Oc1ccc(F)cc1.Oc1ccc(F)cc1.[Zr+2]. The van der Waals surface area contributed by atoms with Crippen molar-refractivity contribution in [3.8, 4) is 11.5 Å². The van der Waals surface area contributed by atoms with Gasteiger partial charge in [-0.1, -0.05) is 41.5 Å². The molecule has 5 heteroatoms. The second-order valence-electron chi connectivity index (χ2n) is 9.85. The first kappa shape index (κ1) is 32.7. The number of aromatic hydroxyl groups is 2. The molecule has 35 heavy (non-hydrogen) atoms. The van der Waals surface area contributed by atoms with Crippen LogP contribution in [0.2, 0.25) is 0 Å². The first-order chi connectivity index (χ1) is 15.8. The molecule has 0 bridgehead atoms.